The minimum absolute atomic E-state index is 0.107. The molecule has 0 radical (unpaired) electrons. The van der Waals surface area contributed by atoms with Crippen molar-refractivity contribution in [3.63, 3.8) is 0 Å². The van der Waals surface area contributed by atoms with Crippen LogP contribution in [0.1, 0.15) is 58.1 Å². The van der Waals surface area contributed by atoms with Gasteiger partial charge in [-0.3, -0.25) is 4.99 Å². The lowest BCUT2D eigenvalue weighted by Crippen LogP contribution is -2.41. The first kappa shape index (κ1) is 19.8. The zero-order valence-corrected chi connectivity index (χ0v) is 16.6. The lowest BCUT2D eigenvalue weighted by molar-refractivity contribution is 0.162. The summed E-state index contributed by atoms with van der Waals surface area (Å²) < 4.78 is 5.72. The molecule has 0 aliphatic carbocycles. The van der Waals surface area contributed by atoms with Gasteiger partial charge >= 0.3 is 0 Å². The maximum absolute atomic E-state index is 5.72. The molecule has 2 N–H and O–H groups in total. The Morgan fingerprint density at radius 2 is 2.16 bits per heavy atom. The summed E-state index contributed by atoms with van der Waals surface area (Å²) in [5, 5.41) is 6.82. The molecular formula is C20H36N4O. The highest BCUT2D eigenvalue weighted by Gasteiger charge is 2.20. The molecule has 2 unspecified atom stereocenters. The van der Waals surface area contributed by atoms with Crippen LogP contribution in [0, 0.1) is 18.8 Å². The quantitative estimate of drug-likeness (QED) is 0.584. The second-order valence-electron chi connectivity index (χ2n) is 7.70. The van der Waals surface area contributed by atoms with E-state index in [0.717, 1.165) is 36.5 Å². The first-order valence-corrected chi connectivity index (χ1v) is 9.81. The summed E-state index contributed by atoms with van der Waals surface area (Å²) in [6.45, 7) is 16.1. The zero-order valence-electron chi connectivity index (χ0n) is 16.6. The van der Waals surface area contributed by atoms with Gasteiger partial charge in [-0.05, 0) is 64.1 Å². The predicted molar refractivity (Wildman–Crippen MR) is 105 cm³/mol. The van der Waals surface area contributed by atoms with Gasteiger partial charge in [-0.25, -0.2) is 0 Å². The van der Waals surface area contributed by atoms with E-state index < -0.39 is 0 Å². The van der Waals surface area contributed by atoms with Gasteiger partial charge < -0.3 is 20.0 Å². The zero-order chi connectivity index (χ0) is 18.2. The van der Waals surface area contributed by atoms with Crippen LogP contribution in [0.2, 0.25) is 0 Å². The third-order valence-corrected chi connectivity index (χ3v) is 4.62. The van der Waals surface area contributed by atoms with Crippen molar-refractivity contribution in [2.24, 2.45) is 16.8 Å². The van der Waals surface area contributed by atoms with Crippen molar-refractivity contribution < 1.29 is 4.42 Å². The highest BCUT2D eigenvalue weighted by molar-refractivity contribution is 5.80. The van der Waals surface area contributed by atoms with Crippen molar-refractivity contribution >= 4 is 5.96 Å². The predicted octanol–water partition coefficient (Wildman–Crippen LogP) is 3.57. The van der Waals surface area contributed by atoms with E-state index in [2.05, 4.69) is 43.2 Å². The van der Waals surface area contributed by atoms with Crippen molar-refractivity contribution in [2.75, 3.05) is 32.7 Å². The summed E-state index contributed by atoms with van der Waals surface area (Å²) in [6, 6.07) is 4.14. The molecule has 1 aromatic heterocycles. The van der Waals surface area contributed by atoms with Crippen LogP contribution in [0.5, 0.6) is 0 Å². The van der Waals surface area contributed by atoms with E-state index in [1.54, 1.807) is 0 Å². The Balaban J connectivity index is 1.90. The highest BCUT2D eigenvalue weighted by atomic mass is 16.3. The Morgan fingerprint density at radius 1 is 1.36 bits per heavy atom. The third kappa shape index (κ3) is 6.73. The molecule has 1 saturated heterocycles. The molecule has 0 saturated carbocycles. The molecule has 142 valence electrons. The van der Waals surface area contributed by atoms with Gasteiger partial charge in [0, 0.05) is 26.2 Å². The van der Waals surface area contributed by atoms with Crippen LogP contribution in [0.3, 0.4) is 0 Å². The van der Waals surface area contributed by atoms with Crippen molar-refractivity contribution in [3.05, 3.63) is 23.7 Å². The van der Waals surface area contributed by atoms with Crippen LogP contribution in [0.25, 0.3) is 0 Å². The number of nitrogens with one attached hydrogen (secondary N) is 2. The van der Waals surface area contributed by atoms with Crippen molar-refractivity contribution in [1.82, 2.24) is 15.5 Å². The average molecular weight is 349 g/mol. The monoisotopic (exact) mass is 348 g/mol. The molecule has 0 aromatic carbocycles. The van der Waals surface area contributed by atoms with Gasteiger partial charge in [-0.15, -0.1) is 0 Å². The Hall–Kier alpha value is -1.49. The minimum atomic E-state index is 0.107. The molecule has 2 heterocycles. The fraction of sp³-hybridized carbons (Fsp3) is 0.750. The fourth-order valence-electron chi connectivity index (χ4n) is 3.49. The number of nitrogens with zero attached hydrogens (tertiary/aromatic N) is 2. The highest BCUT2D eigenvalue weighted by Crippen LogP contribution is 2.18. The molecule has 1 aliphatic heterocycles. The number of furan rings is 1. The van der Waals surface area contributed by atoms with Gasteiger partial charge in [0.15, 0.2) is 5.96 Å². The number of hydrogen-bond donors (Lipinski definition) is 2. The minimum Gasteiger partial charge on any atom is -0.464 e. The van der Waals surface area contributed by atoms with Crippen LogP contribution in [-0.4, -0.2) is 43.6 Å². The largest absolute Gasteiger partial charge is 0.464 e. The molecule has 25 heavy (non-hydrogen) atoms. The van der Waals surface area contributed by atoms with Crippen LogP contribution in [-0.2, 0) is 0 Å². The molecular weight excluding hydrogens is 312 g/mol. The lowest BCUT2D eigenvalue weighted by Gasteiger charge is -2.33. The molecule has 1 aromatic rings. The second kappa shape index (κ2) is 9.85. The standard InChI is InChI=1S/C20H36N4O/c1-6-21-20(23-17(5)19-10-9-16(4)25-19)22-12-18-8-7-11-24(14-18)13-15(2)3/h9-10,15,17-18H,6-8,11-14H2,1-5H3,(H2,21,22,23). The van der Waals surface area contributed by atoms with Gasteiger partial charge in [-0.2, -0.15) is 0 Å². The summed E-state index contributed by atoms with van der Waals surface area (Å²) in [7, 11) is 0. The van der Waals surface area contributed by atoms with Crippen molar-refractivity contribution in [3.8, 4) is 0 Å². The lowest BCUT2D eigenvalue weighted by atomic mass is 9.97. The maximum atomic E-state index is 5.72. The molecule has 2 rings (SSSR count). The molecule has 0 amide bonds. The molecule has 5 nitrogen and oxygen atoms in total. The van der Waals surface area contributed by atoms with Crippen LogP contribution >= 0.6 is 0 Å². The number of rotatable bonds is 7. The first-order valence-electron chi connectivity index (χ1n) is 9.81. The number of aryl methyl sites for hydroxylation is 1. The second-order valence-corrected chi connectivity index (χ2v) is 7.70. The van der Waals surface area contributed by atoms with Crippen LogP contribution in [0.15, 0.2) is 21.5 Å². The normalized spacial score (nSPS) is 20.7. The van der Waals surface area contributed by atoms with Crippen LogP contribution < -0.4 is 10.6 Å². The number of guanidine groups is 1. The van der Waals surface area contributed by atoms with Gasteiger partial charge in [0.25, 0.3) is 0 Å². The topological polar surface area (TPSA) is 52.8 Å². The van der Waals surface area contributed by atoms with E-state index in [1.165, 1.54) is 32.5 Å². The van der Waals surface area contributed by atoms with Gasteiger partial charge in [0.05, 0.1) is 6.04 Å². The van der Waals surface area contributed by atoms with Crippen LogP contribution in [0.4, 0.5) is 0 Å². The SMILES string of the molecule is CCNC(=NCC1CCCN(CC(C)C)C1)NC(C)c1ccc(C)o1. The molecule has 2 atom stereocenters. The van der Waals surface area contributed by atoms with E-state index in [-0.39, 0.29) is 6.04 Å². The van der Waals surface area contributed by atoms with E-state index in [9.17, 15) is 0 Å². The van der Waals surface area contributed by atoms with Crippen molar-refractivity contribution in [2.45, 2.75) is 53.5 Å². The summed E-state index contributed by atoms with van der Waals surface area (Å²) >= 11 is 0. The summed E-state index contributed by atoms with van der Waals surface area (Å²) in [6.07, 6.45) is 2.57. The van der Waals surface area contributed by atoms with E-state index in [4.69, 9.17) is 9.41 Å². The summed E-state index contributed by atoms with van der Waals surface area (Å²) in [5.74, 6) is 4.16. The Kier molecular flexibility index (Phi) is 7.82. The van der Waals surface area contributed by atoms with Gasteiger partial charge in [0.1, 0.15) is 11.5 Å². The molecule has 0 spiro atoms. The third-order valence-electron chi connectivity index (χ3n) is 4.62. The summed E-state index contributed by atoms with van der Waals surface area (Å²) in [4.78, 5) is 7.45. The smallest absolute Gasteiger partial charge is 0.191 e. The van der Waals surface area contributed by atoms with Gasteiger partial charge in [-0.1, -0.05) is 13.8 Å². The Bertz CT molecular complexity index is 538. The van der Waals surface area contributed by atoms with E-state index >= 15 is 0 Å². The number of hydrogen-bond acceptors (Lipinski definition) is 3. The first-order chi connectivity index (χ1) is 12.0. The fourth-order valence-corrected chi connectivity index (χ4v) is 3.49. The number of piperidine rings is 1. The molecule has 1 fully saturated rings. The average Bonchev–Trinajstić information content (AvgIpc) is 2.99. The van der Waals surface area contributed by atoms with E-state index in [1.807, 2.05) is 19.1 Å². The summed E-state index contributed by atoms with van der Waals surface area (Å²) in [5.41, 5.74) is 0. The number of likely N-dealkylation sites (tertiary alicyclic amines) is 1. The maximum Gasteiger partial charge on any atom is 0.191 e. The molecule has 1 aliphatic rings. The Labute approximate surface area is 153 Å². The van der Waals surface area contributed by atoms with Gasteiger partial charge in [0.2, 0.25) is 0 Å². The van der Waals surface area contributed by atoms with Crippen molar-refractivity contribution in [1.29, 1.82) is 0 Å². The van der Waals surface area contributed by atoms with E-state index in [0.29, 0.717) is 5.92 Å². The Morgan fingerprint density at radius 3 is 2.80 bits per heavy atom. The molecule has 5 heteroatoms. The number of aliphatic imine (C=N–C) groups is 1. The molecule has 0 bridgehead atoms.